The summed E-state index contributed by atoms with van der Waals surface area (Å²) in [6, 6.07) is 14.0. The highest BCUT2D eigenvalue weighted by Crippen LogP contribution is 2.44. The van der Waals surface area contributed by atoms with E-state index in [-0.39, 0.29) is 0 Å². The summed E-state index contributed by atoms with van der Waals surface area (Å²) in [6.07, 6.45) is 3.70. The maximum absolute atomic E-state index is 6.10. The Hall–Kier alpha value is -3.25. The van der Waals surface area contributed by atoms with Crippen LogP contribution in [-0.2, 0) is 13.1 Å². The number of aromatic nitrogens is 1. The average Bonchev–Trinajstić information content (AvgIpc) is 3.00. The summed E-state index contributed by atoms with van der Waals surface area (Å²) in [5.74, 6) is 3.00. The van der Waals surface area contributed by atoms with Gasteiger partial charge in [0, 0.05) is 37.6 Å². The van der Waals surface area contributed by atoms with Crippen LogP contribution in [0, 0.1) is 0 Å². The molecular formula is C24H26N2O4. The molecule has 156 valence electrons. The normalized spacial score (nSPS) is 13.7. The summed E-state index contributed by atoms with van der Waals surface area (Å²) in [4.78, 5) is 6.58. The van der Waals surface area contributed by atoms with Gasteiger partial charge in [0.05, 0.1) is 26.9 Å². The van der Waals surface area contributed by atoms with Gasteiger partial charge in [0.2, 0.25) is 0 Å². The second-order valence-corrected chi connectivity index (χ2v) is 7.12. The van der Waals surface area contributed by atoms with E-state index in [0.717, 1.165) is 53.6 Å². The van der Waals surface area contributed by atoms with Crippen molar-refractivity contribution in [2.75, 3.05) is 34.5 Å². The molecule has 0 bridgehead atoms. The summed E-state index contributed by atoms with van der Waals surface area (Å²) < 4.78 is 23.0. The van der Waals surface area contributed by atoms with Crippen LogP contribution in [0.5, 0.6) is 23.0 Å². The van der Waals surface area contributed by atoms with Gasteiger partial charge in [-0.1, -0.05) is 12.1 Å². The Balaban J connectivity index is 1.75. The summed E-state index contributed by atoms with van der Waals surface area (Å²) >= 11 is 0. The highest BCUT2D eigenvalue weighted by molar-refractivity contribution is 5.79. The third-order valence-electron chi connectivity index (χ3n) is 5.25. The minimum absolute atomic E-state index is 0.598. The molecule has 0 fully saturated rings. The van der Waals surface area contributed by atoms with Crippen LogP contribution >= 0.6 is 0 Å². The molecule has 0 saturated carbocycles. The van der Waals surface area contributed by atoms with Gasteiger partial charge in [-0.3, -0.25) is 9.88 Å². The van der Waals surface area contributed by atoms with E-state index in [9.17, 15) is 0 Å². The molecule has 3 aromatic rings. The Morgan fingerprint density at radius 1 is 0.967 bits per heavy atom. The lowest BCUT2D eigenvalue weighted by Gasteiger charge is -2.20. The van der Waals surface area contributed by atoms with Crippen molar-refractivity contribution in [3.05, 3.63) is 66.0 Å². The Bertz CT molecular complexity index is 985. The molecule has 1 aliphatic heterocycles. The van der Waals surface area contributed by atoms with Crippen LogP contribution in [0.3, 0.4) is 0 Å². The van der Waals surface area contributed by atoms with E-state index in [1.54, 1.807) is 27.5 Å². The Kier molecular flexibility index (Phi) is 6.05. The first-order valence-electron chi connectivity index (χ1n) is 9.89. The largest absolute Gasteiger partial charge is 0.496 e. The minimum atomic E-state index is 0.598. The SMILES string of the molecule is COc1cc(-c2c(OC)cccc2OC)cc2c1OCCN(Cc1cccnc1)C2. The van der Waals surface area contributed by atoms with Gasteiger partial charge in [-0.25, -0.2) is 0 Å². The lowest BCUT2D eigenvalue weighted by atomic mass is 9.99. The standard InChI is InChI=1S/C24H26N2O4/c1-27-20-7-4-8-21(28-2)23(20)18-12-19-16-26(15-17-6-5-9-25-14-17)10-11-30-24(19)22(13-18)29-3/h4-9,12-14H,10-11,15-16H2,1-3H3. The zero-order valence-electron chi connectivity index (χ0n) is 17.6. The molecule has 0 unspecified atom stereocenters. The number of ether oxygens (including phenoxy) is 4. The topological polar surface area (TPSA) is 53.1 Å². The smallest absolute Gasteiger partial charge is 0.165 e. The molecule has 6 nitrogen and oxygen atoms in total. The molecule has 0 radical (unpaired) electrons. The number of rotatable bonds is 6. The van der Waals surface area contributed by atoms with Gasteiger partial charge >= 0.3 is 0 Å². The number of nitrogens with zero attached hydrogens (tertiary/aromatic N) is 2. The molecular weight excluding hydrogens is 380 g/mol. The van der Waals surface area contributed by atoms with Crippen LogP contribution in [0.4, 0.5) is 0 Å². The van der Waals surface area contributed by atoms with E-state index in [1.807, 2.05) is 36.5 Å². The number of fused-ring (bicyclic) bond motifs is 1. The first-order valence-corrected chi connectivity index (χ1v) is 9.89. The van der Waals surface area contributed by atoms with Crippen LogP contribution < -0.4 is 18.9 Å². The summed E-state index contributed by atoms with van der Waals surface area (Å²) in [6.45, 7) is 2.97. The number of hydrogen-bond acceptors (Lipinski definition) is 6. The molecule has 2 heterocycles. The number of benzene rings is 2. The van der Waals surface area contributed by atoms with Crippen LogP contribution in [0.1, 0.15) is 11.1 Å². The Morgan fingerprint density at radius 3 is 2.40 bits per heavy atom. The number of methoxy groups -OCH3 is 3. The number of pyridine rings is 1. The van der Waals surface area contributed by atoms with Crippen LogP contribution in [0.25, 0.3) is 11.1 Å². The third kappa shape index (κ3) is 4.04. The van der Waals surface area contributed by atoms with Gasteiger partial charge in [0.25, 0.3) is 0 Å². The molecule has 0 aliphatic carbocycles. The van der Waals surface area contributed by atoms with E-state index in [4.69, 9.17) is 18.9 Å². The van der Waals surface area contributed by atoms with Crippen LogP contribution in [0.2, 0.25) is 0 Å². The van der Waals surface area contributed by atoms with Crippen molar-refractivity contribution in [2.45, 2.75) is 13.1 Å². The Labute approximate surface area is 177 Å². The molecule has 4 rings (SSSR count). The van der Waals surface area contributed by atoms with Gasteiger partial charge in [-0.2, -0.15) is 0 Å². The van der Waals surface area contributed by atoms with Crippen molar-refractivity contribution in [1.82, 2.24) is 9.88 Å². The van der Waals surface area contributed by atoms with Crippen molar-refractivity contribution in [2.24, 2.45) is 0 Å². The second-order valence-electron chi connectivity index (χ2n) is 7.12. The maximum atomic E-state index is 6.10. The van der Waals surface area contributed by atoms with Crippen LogP contribution in [0.15, 0.2) is 54.9 Å². The van der Waals surface area contributed by atoms with Gasteiger partial charge in [0.1, 0.15) is 18.1 Å². The molecule has 0 amide bonds. The fraction of sp³-hybridized carbons (Fsp3) is 0.292. The van der Waals surface area contributed by atoms with E-state index >= 15 is 0 Å². The fourth-order valence-electron chi connectivity index (χ4n) is 3.85. The van der Waals surface area contributed by atoms with Gasteiger partial charge < -0.3 is 18.9 Å². The van der Waals surface area contributed by atoms with E-state index in [1.165, 1.54) is 5.56 Å². The molecule has 30 heavy (non-hydrogen) atoms. The monoisotopic (exact) mass is 406 g/mol. The number of hydrogen-bond donors (Lipinski definition) is 0. The first-order chi connectivity index (χ1) is 14.7. The highest BCUT2D eigenvalue weighted by Gasteiger charge is 2.23. The van der Waals surface area contributed by atoms with E-state index in [2.05, 4.69) is 22.0 Å². The van der Waals surface area contributed by atoms with Crippen molar-refractivity contribution < 1.29 is 18.9 Å². The predicted molar refractivity (Wildman–Crippen MR) is 115 cm³/mol. The fourth-order valence-corrected chi connectivity index (χ4v) is 3.85. The lowest BCUT2D eigenvalue weighted by molar-refractivity contribution is 0.216. The molecule has 0 atom stereocenters. The van der Waals surface area contributed by atoms with Crippen molar-refractivity contribution in [1.29, 1.82) is 0 Å². The van der Waals surface area contributed by atoms with Crippen molar-refractivity contribution >= 4 is 0 Å². The third-order valence-corrected chi connectivity index (χ3v) is 5.25. The van der Waals surface area contributed by atoms with Crippen molar-refractivity contribution in [3.8, 4) is 34.1 Å². The molecule has 1 aliphatic rings. The molecule has 0 spiro atoms. The second kappa shape index (κ2) is 9.05. The van der Waals surface area contributed by atoms with Crippen LogP contribution in [-0.4, -0.2) is 44.4 Å². The first kappa shape index (κ1) is 20.0. The highest BCUT2D eigenvalue weighted by atomic mass is 16.5. The summed E-state index contributed by atoms with van der Waals surface area (Å²) in [7, 11) is 5.00. The molecule has 1 aromatic heterocycles. The predicted octanol–water partition coefficient (Wildman–Crippen LogP) is 4.17. The molecule has 0 N–H and O–H groups in total. The average molecular weight is 406 g/mol. The minimum Gasteiger partial charge on any atom is -0.496 e. The van der Waals surface area contributed by atoms with Gasteiger partial charge in [-0.05, 0) is 41.5 Å². The van der Waals surface area contributed by atoms with E-state index in [0.29, 0.717) is 12.4 Å². The van der Waals surface area contributed by atoms with Gasteiger partial charge in [-0.15, -0.1) is 0 Å². The van der Waals surface area contributed by atoms with Crippen molar-refractivity contribution in [3.63, 3.8) is 0 Å². The molecule has 6 heteroatoms. The molecule has 0 saturated heterocycles. The quantitative estimate of drug-likeness (QED) is 0.613. The zero-order chi connectivity index (χ0) is 20.9. The lowest BCUT2D eigenvalue weighted by Crippen LogP contribution is -2.25. The Morgan fingerprint density at radius 2 is 1.73 bits per heavy atom. The van der Waals surface area contributed by atoms with Gasteiger partial charge in [0.15, 0.2) is 11.5 Å². The van der Waals surface area contributed by atoms with E-state index < -0.39 is 0 Å². The summed E-state index contributed by atoms with van der Waals surface area (Å²) in [5.41, 5.74) is 4.10. The zero-order valence-corrected chi connectivity index (χ0v) is 17.6. The molecule has 2 aromatic carbocycles. The summed E-state index contributed by atoms with van der Waals surface area (Å²) in [5, 5.41) is 0. The maximum Gasteiger partial charge on any atom is 0.165 e.